The Labute approximate surface area is 110 Å². The van der Waals surface area contributed by atoms with Crippen molar-refractivity contribution in [3.8, 4) is 0 Å². The van der Waals surface area contributed by atoms with Crippen LogP contribution < -0.4 is 5.56 Å². The van der Waals surface area contributed by atoms with Crippen LogP contribution >= 0.6 is 0 Å². The standard InChI is InChI=1S/C15H14FNO2/c16-13-4-2-11(3-5-13)15(7-1-9-19-15)12-6-8-17-14(18)10-12/h2-6,8,10H,1,7,9H2,(H,17,18). The highest BCUT2D eigenvalue weighted by Crippen LogP contribution is 2.41. The molecular formula is C15H14FNO2. The van der Waals surface area contributed by atoms with E-state index in [1.54, 1.807) is 24.4 Å². The Balaban J connectivity index is 2.14. The number of aromatic amines is 1. The first-order valence-electron chi connectivity index (χ1n) is 6.30. The van der Waals surface area contributed by atoms with Gasteiger partial charge in [-0.25, -0.2) is 4.39 Å². The van der Waals surface area contributed by atoms with E-state index >= 15 is 0 Å². The number of benzene rings is 1. The molecule has 0 aliphatic carbocycles. The molecule has 3 rings (SSSR count). The van der Waals surface area contributed by atoms with E-state index in [4.69, 9.17) is 4.74 Å². The average Bonchev–Trinajstić information content (AvgIpc) is 2.90. The first-order chi connectivity index (χ1) is 9.21. The molecule has 0 radical (unpaired) electrons. The third-order valence-electron chi connectivity index (χ3n) is 3.57. The summed E-state index contributed by atoms with van der Waals surface area (Å²) >= 11 is 0. The van der Waals surface area contributed by atoms with Crippen molar-refractivity contribution in [2.24, 2.45) is 0 Å². The normalized spacial score (nSPS) is 22.6. The molecule has 0 saturated carbocycles. The number of nitrogens with one attached hydrogen (secondary N) is 1. The molecule has 1 aromatic heterocycles. The van der Waals surface area contributed by atoms with Crippen molar-refractivity contribution in [1.82, 2.24) is 4.98 Å². The molecule has 3 nitrogen and oxygen atoms in total. The molecule has 1 unspecified atom stereocenters. The van der Waals surface area contributed by atoms with E-state index in [1.807, 2.05) is 6.07 Å². The number of ether oxygens (including phenoxy) is 1. The van der Waals surface area contributed by atoms with E-state index < -0.39 is 5.60 Å². The summed E-state index contributed by atoms with van der Waals surface area (Å²) in [6, 6.07) is 9.69. The Bertz CT molecular complexity index is 627. The zero-order valence-corrected chi connectivity index (χ0v) is 10.4. The minimum atomic E-state index is -0.623. The van der Waals surface area contributed by atoms with Gasteiger partial charge in [0.15, 0.2) is 0 Å². The van der Waals surface area contributed by atoms with Gasteiger partial charge in [-0.3, -0.25) is 4.79 Å². The molecule has 0 spiro atoms. The summed E-state index contributed by atoms with van der Waals surface area (Å²) in [5.41, 5.74) is 0.925. The molecule has 2 aromatic rings. The van der Waals surface area contributed by atoms with E-state index in [1.165, 1.54) is 12.1 Å². The number of hydrogen-bond donors (Lipinski definition) is 1. The molecule has 2 heterocycles. The summed E-state index contributed by atoms with van der Waals surface area (Å²) in [6.07, 6.45) is 3.33. The molecule has 0 amide bonds. The summed E-state index contributed by atoms with van der Waals surface area (Å²) in [6.45, 7) is 0.643. The van der Waals surface area contributed by atoms with Gasteiger partial charge in [0.25, 0.3) is 0 Å². The minimum Gasteiger partial charge on any atom is -0.366 e. The summed E-state index contributed by atoms with van der Waals surface area (Å²) in [5.74, 6) is -0.275. The van der Waals surface area contributed by atoms with Gasteiger partial charge >= 0.3 is 0 Å². The summed E-state index contributed by atoms with van der Waals surface area (Å²) in [5, 5.41) is 0. The van der Waals surface area contributed by atoms with Crippen molar-refractivity contribution >= 4 is 0 Å². The van der Waals surface area contributed by atoms with Crippen molar-refractivity contribution in [2.45, 2.75) is 18.4 Å². The number of hydrogen-bond acceptors (Lipinski definition) is 2. The predicted molar refractivity (Wildman–Crippen MR) is 69.4 cm³/mol. The summed E-state index contributed by atoms with van der Waals surface area (Å²) in [4.78, 5) is 14.1. The van der Waals surface area contributed by atoms with Crippen LogP contribution in [0.1, 0.15) is 24.0 Å². The molecule has 0 bridgehead atoms. The molecule has 1 saturated heterocycles. The highest BCUT2D eigenvalue weighted by atomic mass is 19.1. The fourth-order valence-corrected chi connectivity index (χ4v) is 2.68. The van der Waals surface area contributed by atoms with Gasteiger partial charge in [0.05, 0.1) is 0 Å². The maximum Gasteiger partial charge on any atom is 0.248 e. The zero-order chi connectivity index (χ0) is 13.3. The Morgan fingerprint density at radius 1 is 1.16 bits per heavy atom. The van der Waals surface area contributed by atoms with Gasteiger partial charge in [-0.05, 0) is 42.2 Å². The molecule has 1 N–H and O–H groups in total. The number of rotatable bonds is 2. The molecule has 4 heteroatoms. The second-order valence-corrected chi connectivity index (χ2v) is 4.73. The van der Waals surface area contributed by atoms with Crippen LogP contribution in [0.25, 0.3) is 0 Å². The van der Waals surface area contributed by atoms with Crippen LogP contribution in [0.5, 0.6) is 0 Å². The molecule has 98 valence electrons. The molecule has 19 heavy (non-hydrogen) atoms. The summed E-state index contributed by atoms with van der Waals surface area (Å²) in [7, 11) is 0. The Hall–Kier alpha value is -1.94. The predicted octanol–water partition coefficient (Wildman–Crippen LogP) is 2.57. The lowest BCUT2D eigenvalue weighted by atomic mass is 9.84. The van der Waals surface area contributed by atoms with Gasteiger partial charge in [-0.2, -0.15) is 0 Å². The smallest absolute Gasteiger partial charge is 0.248 e. The van der Waals surface area contributed by atoms with Crippen LogP contribution in [-0.2, 0) is 10.3 Å². The van der Waals surface area contributed by atoms with E-state index in [2.05, 4.69) is 4.98 Å². The van der Waals surface area contributed by atoms with E-state index in [9.17, 15) is 9.18 Å². The van der Waals surface area contributed by atoms with Gasteiger partial charge in [-0.15, -0.1) is 0 Å². The number of aromatic nitrogens is 1. The van der Waals surface area contributed by atoms with Crippen LogP contribution in [-0.4, -0.2) is 11.6 Å². The van der Waals surface area contributed by atoms with Gasteiger partial charge in [0.2, 0.25) is 5.56 Å². The van der Waals surface area contributed by atoms with Crippen molar-refractivity contribution in [3.05, 3.63) is 69.9 Å². The Morgan fingerprint density at radius 2 is 1.95 bits per heavy atom. The maximum atomic E-state index is 13.1. The maximum absolute atomic E-state index is 13.1. The second kappa shape index (κ2) is 4.63. The monoisotopic (exact) mass is 259 g/mol. The topological polar surface area (TPSA) is 42.1 Å². The van der Waals surface area contributed by atoms with E-state index in [0.717, 1.165) is 24.0 Å². The molecule has 1 atom stereocenters. The lowest BCUT2D eigenvalue weighted by Crippen LogP contribution is -2.28. The zero-order valence-electron chi connectivity index (χ0n) is 10.4. The lowest BCUT2D eigenvalue weighted by molar-refractivity contribution is 0.0358. The van der Waals surface area contributed by atoms with Crippen LogP contribution in [0.4, 0.5) is 4.39 Å². The quantitative estimate of drug-likeness (QED) is 0.900. The van der Waals surface area contributed by atoms with Crippen molar-refractivity contribution in [3.63, 3.8) is 0 Å². The van der Waals surface area contributed by atoms with Gasteiger partial charge in [0, 0.05) is 18.9 Å². The summed E-state index contributed by atoms with van der Waals surface area (Å²) < 4.78 is 19.0. The third-order valence-corrected chi connectivity index (χ3v) is 3.57. The number of pyridine rings is 1. The van der Waals surface area contributed by atoms with Crippen LogP contribution in [0, 0.1) is 5.82 Å². The van der Waals surface area contributed by atoms with Crippen LogP contribution in [0.2, 0.25) is 0 Å². The SMILES string of the molecule is O=c1cc(C2(c3ccc(F)cc3)CCCO2)cc[nH]1. The van der Waals surface area contributed by atoms with Gasteiger partial charge in [0.1, 0.15) is 11.4 Å². The number of H-pyrrole nitrogens is 1. The molecule has 1 fully saturated rings. The molecule has 1 aromatic carbocycles. The van der Waals surface area contributed by atoms with Crippen LogP contribution in [0.3, 0.4) is 0 Å². The fourth-order valence-electron chi connectivity index (χ4n) is 2.68. The van der Waals surface area contributed by atoms with E-state index in [0.29, 0.717) is 6.61 Å². The van der Waals surface area contributed by atoms with Crippen LogP contribution in [0.15, 0.2) is 47.4 Å². The first-order valence-corrected chi connectivity index (χ1v) is 6.30. The Kier molecular flexibility index (Phi) is 2.95. The highest BCUT2D eigenvalue weighted by Gasteiger charge is 2.39. The molecular weight excluding hydrogens is 245 g/mol. The van der Waals surface area contributed by atoms with E-state index in [-0.39, 0.29) is 11.4 Å². The van der Waals surface area contributed by atoms with Gasteiger partial charge in [-0.1, -0.05) is 12.1 Å². The highest BCUT2D eigenvalue weighted by molar-refractivity contribution is 5.36. The minimum absolute atomic E-state index is 0.158. The lowest BCUT2D eigenvalue weighted by Gasteiger charge is -2.29. The third kappa shape index (κ3) is 2.08. The molecule has 1 aliphatic rings. The van der Waals surface area contributed by atoms with Crippen molar-refractivity contribution in [1.29, 1.82) is 0 Å². The van der Waals surface area contributed by atoms with Crippen molar-refractivity contribution in [2.75, 3.05) is 6.61 Å². The largest absolute Gasteiger partial charge is 0.366 e. The Morgan fingerprint density at radius 3 is 2.58 bits per heavy atom. The van der Waals surface area contributed by atoms with Gasteiger partial charge < -0.3 is 9.72 Å². The number of halogens is 1. The average molecular weight is 259 g/mol. The fraction of sp³-hybridized carbons (Fsp3) is 0.267. The first kappa shape index (κ1) is 12.1. The molecule has 1 aliphatic heterocycles. The second-order valence-electron chi connectivity index (χ2n) is 4.73. The van der Waals surface area contributed by atoms with Crippen molar-refractivity contribution < 1.29 is 9.13 Å².